The number of anilines is 1. The summed E-state index contributed by atoms with van der Waals surface area (Å²) in [6.45, 7) is 1.95. The summed E-state index contributed by atoms with van der Waals surface area (Å²) in [5.74, 6) is 5.33. The van der Waals surface area contributed by atoms with Crippen molar-refractivity contribution in [1.82, 2.24) is 0 Å². The van der Waals surface area contributed by atoms with Gasteiger partial charge in [0.1, 0.15) is 0 Å². The van der Waals surface area contributed by atoms with Gasteiger partial charge in [0, 0.05) is 0 Å². The minimum absolute atomic E-state index is 0.578. The number of aryl methyl sites for hydroxylation is 1. The molecule has 1 aromatic carbocycles. The highest BCUT2D eigenvalue weighted by Crippen LogP contribution is 2.10. The largest absolute Gasteiger partial charge is 0.277 e. The van der Waals surface area contributed by atoms with Gasteiger partial charge in [-0.15, -0.1) is 0 Å². The molecule has 58 valence electrons. The summed E-state index contributed by atoms with van der Waals surface area (Å²) in [6.07, 6.45) is 0.578. The van der Waals surface area contributed by atoms with E-state index in [2.05, 4.69) is 0 Å². The Kier molecular flexibility index (Phi) is 2.23. The van der Waals surface area contributed by atoms with E-state index in [0.29, 0.717) is 12.1 Å². The van der Waals surface area contributed by atoms with Gasteiger partial charge in [-0.3, -0.25) is 9.80 Å². The molecule has 3 nitrogen and oxygen atoms in total. The molecular weight excluding hydrogens is 140 g/mol. The predicted octanol–water partition coefficient (Wildman–Crippen LogP) is 0.832. The van der Waals surface area contributed by atoms with Gasteiger partial charge in [-0.25, -0.2) is 5.84 Å². The molecule has 0 fully saturated rings. The molecule has 0 saturated heterocycles. The Morgan fingerprint density at radius 2 is 2.27 bits per heavy atom. The normalized spacial score (nSPS) is 9.27. The number of rotatable bonds is 2. The topological polar surface area (TPSA) is 46.3 Å². The number of amides is 1. The lowest BCUT2D eigenvalue weighted by molar-refractivity contribution is -0.107. The third kappa shape index (κ3) is 1.78. The molecule has 0 aliphatic rings. The molecule has 2 N–H and O–H groups in total. The molecule has 0 bridgehead atoms. The number of nitrogens with zero attached hydrogens (tertiary/aromatic N) is 1. The molecule has 1 amide bonds. The average molecular weight is 150 g/mol. The van der Waals surface area contributed by atoms with E-state index in [0.717, 1.165) is 10.6 Å². The molecule has 11 heavy (non-hydrogen) atoms. The Balaban J connectivity index is 2.95. The second-order valence-corrected chi connectivity index (χ2v) is 2.35. The Morgan fingerprint density at radius 3 is 2.82 bits per heavy atom. The first-order chi connectivity index (χ1) is 5.24. The maximum atomic E-state index is 10.2. The number of hydrogen-bond acceptors (Lipinski definition) is 2. The molecular formula is C8H10N2O. The lowest BCUT2D eigenvalue weighted by atomic mass is 10.2. The van der Waals surface area contributed by atoms with Crippen molar-refractivity contribution in [3.8, 4) is 0 Å². The lowest BCUT2D eigenvalue weighted by Gasteiger charge is -2.09. The third-order valence-electron chi connectivity index (χ3n) is 1.41. The number of carbonyl (C=O) groups is 1. The Hall–Kier alpha value is -1.35. The van der Waals surface area contributed by atoms with Crippen molar-refractivity contribution in [2.45, 2.75) is 6.92 Å². The van der Waals surface area contributed by atoms with Gasteiger partial charge in [-0.1, -0.05) is 12.1 Å². The molecule has 3 heteroatoms. The lowest BCUT2D eigenvalue weighted by Crippen LogP contribution is -2.28. The van der Waals surface area contributed by atoms with Crippen LogP contribution in [0.3, 0.4) is 0 Å². The highest BCUT2D eigenvalue weighted by molar-refractivity contribution is 5.73. The first-order valence-electron chi connectivity index (χ1n) is 3.30. The molecule has 1 aromatic rings. The van der Waals surface area contributed by atoms with E-state index in [1.165, 1.54) is 0 Å². The minimum Gasteiger partial charge on any atom is -0.277 e. The quantitative estimate of drug-likeness (QED) is 0.294. The van der Waals surface area contributed by atoms with Crippen molar-refractivity contribution in [1.29, 1.82) is 0 Å². The molecule has 0 aliphatic heterocycles. The Labute approximate surface area is 65.4 Å². The maximum Gasteiger partial charge on any atom is 0.228 e. The van der Waals surface area contributed by atoms with Crippen molar-refractivity contribution < 1.29 is 4.79 Å². The van der Waals surface area contributed by atoms with Crippen molar-refractivity contribution >= 4 is 12.1 Å². The zero-order chi connectivity index (χ0) is 8.27. The van der Waals surface area contributed by atoms with Gasteiger partial charge in [0.15, 0.2) is 0 Å². The predicted molar refractivity (Wildman–Crippen MR) is 43.9 cm³/mol. The smallest absolute Gasteiger partial charge is 0.228 e. The molecule has 0 heterocycles. The van der Waals surface area contributed by atoms with Crippen LogP contribution >= 0.6 is 0 Å². The highest BCUT2D eigenvalue weighted by Gasteiger charge is 1.96. The van der Waals surface area contributed by atoms with Gasteiger partial charge in [0.2, 0.25) is 6.41 Å². The summed E-state index contributed by atoms with van der Waals surface area (Å²) in [6, 6.07) is 7.42. The van der Waals surface area contributed by atoms with Crippen molar-refractivity contribution in [2.75, 3.05) is 5.01 Å². The number of carbonyl (C=O) groups excluding carboxylic acids is 1. The van der Waals surface area contributed by atoms with Gasteiger partial charge in [-0.2, -0.15) is 0 Å². The fourth-order valence-corrected chi connectivity index (χ4v) is 0.849. The average Bonchev–Trinajstić information content (AvgIpc) is 2.03. The van der Waals surface area contributed by atoms with Crippen LogP contribution in [0.2, 0.25) is 0 Å². The van der Waals surface area contributed by atoms with Crippen LogP contribution in [0.15, 0.2) is 24.3 Å². The monoisotopic (exact) mass is 150 g/mol. The fraction of sp³-hybridized carbons (Fsp3) is 0.125. The first kappa shape index (κ1) is 7.75. The molecule has 0 saturated carbocycles. The summed E-state index contributed by atoms with van der Waals surface area (Å²) >= 11 is 0. The Morgan fingerprint density at radius 1 is 1.55 bits per heavy atom. The van der Waals surface area contributed by atoms with E-state index in [1.807, 2.05) is 25.1 Å². The van der Waals surface area contributed by atoms with E-state index in [4.69, 9.17) is 5.84 Å². The molecule has 0 atom stereocenters. The van der Waals surface area contributed by atoms with Crippen LogP contribution in [0.25, 0.3) is 0 Å². The highest BCUT2D eigenvalue weighted by atomic mass is 16.1. The molecule has 0 aliphatic carbocycles. The summed E-state index contributed by atoms with van der Waals surface area (Å²) in [4.78, 5) is 10.2. The summed E-state index contributed by atoms with van der Waals surface area (Å²) in [5, 5.41) is 1.05. The van der Waals surface area contributed by atoms with Gasteiger partial charge < -0.3 is 0 Å². The second kappa shape index (κ2) is 3.16. The zero-order valence-electron chi connectivity index (χ0n) is 6.32. The van der Waals surface area contributed by atoms with Crippen LogP contribution in [-0.4, -0.2) is 6.41 Å². The van der Waals surface area contributed by atoms with Crippen LogP contribution in [0.1, 0.15) is 5.56 Å². The van der Waals surface area contributed by atoms with E-state index in [9.17, 15) is 4.79 Å². The molecule has 0 unspecified atom stereocenters. The number of nitrogens with two attached hydrogens (primary N) is 1. The van der Waals surface area contributed by atoms with E-state index in [1.54, 1.807) is 6.07 Å². The summed E-state index contributed by atoms with van der Waals surface area (Å²) in [7, 11) is 0. The summed E-state index contributed by atoms with van der Waals surface area (Å²) in [5.41, 5.74) is 1.79. The first-order valence-corrected chi connectivity index (χ1v) is 3.30. The van der Waals surface area contributed by atoms with Crippen LogP contribution in [0, 0.1) is 6.92 Å². The maximum absolute atomic E-state index is 10.2. The van der Waals surface area contributed by atoms with Crippen LogP contribution < -0.4 is 10.9 Å². The molecule has 0 spiro atoms. The minimum atomic E-state index is 0.578. The SMILES string of the molecule is Cc1cccc(N(N)C=O)c1. The molecule has 0 aromatic heterocycles. The van der Waals surface area contributed by atoms with Crippen molar-refractivity contribution in [2.24, 2.45) is 5.84 Å². The fourth-order valence-electron chi connectivity index (χ4n) is 0.849. The Bertz CT molecular complexity index is 260. The van der Waals surface area contributed by atoms with E-state index < -0.39 is 0 Å². The number of benzene rings is 1. The van der Waals surface area contributed by atoms with Crippen molar-refractivity contribution in [3.05, 3.63) is 29.8 Å². The molecule has 1 rings (SSSR count). The molecule has 0 radical (unpaired) electrons. The van der Waals surface area contributed by atoms with Gasteiger partial charge in [-0.05, 0) is 24.6 Å². The van der Waals surface area contributed by atoms with Crippen molar-refractivity contribution in [3.63, 3.8) is 0 Å². The zero-order valence-corrected chi connectivity index (χ0v) is 6.32. The number of hydrazine groups is 1. The van der Waals surface area contributed by atoms with Gasteiger partial charge in [0.05, 0.1) is 5.69 Å². The second-order valence-electron chi connectivity index (χ2n) is 2.35. The number of hydrogen-bond donors (Lipinski definition) is 1. The summed E-state index contributed by atoms with van der Waals surface area (Å²) < 4.78 is 0. The van der Waals surface area contributed by atoms with Crippen LogP contribution in [0.4, 0.5) is 5.69 Å². The van der Waals surface area contributed by atoms with Gasteiger partial charge >= 0.3 is 0 Å². The van der Waals surface area contributed by atoms with E-state index in [-0.39, 0.29) is 0 Å². The van der Waals surface area contributed by atoms with Crippen LogP contribution in [-0.2, 0) is 4.79 Å². The standard InChI is InChI=1S/C8H10N2O/c1-7-3-2-4-8(5-7)10(9)6-11/h2-6H,9H2,1H3. The third-order valence-corrected chi connectivity index (χ3v) is 1.41. The van der Waals surface area contributed by atoms with E-state index >= 15 is 0 Å². The van der Waals surface area contributed by atoms with Crippen LogP contribution in [0.5, 0.6) is 0 Å². The van der Waals surface area contributed by atoms with Gasteiger partial charge in [0.25, 0.3) is 0 Å².